The van der Waals surface area contributed by atoms with Gasteiger partial charge in [0, 0.05) is 5.75 Å². The standard InChI is InChI=1S/C26H17O.Ru/c27-25-17-21-16-20(18-8-3-1-4-9-18)14-15-23(21)26-22(12-7-13-24(25)26)19-10-5-2-6-11-19;/h1-12,14-17,27H;/q-1;+1. The third-order valence-electron chi connectivity index (χ3n) is 5.06. The number of hydrogen-bond acceptors (Lipinski definition) is 1. The van der Waals surface area contributed by atoms with Crippen LogP contribution >= 0.6 is 0 Å². The molecule has 28 heavy (non-hydrogen) atoms. The summed E-state index contributed by atoms with van der Waals surface area (Å²) in [5.41, 5.74) is 4.55. The largest absolute Gasteiger partial charge is 1.00 e. The average molecular weight is 446 g/mol. The summed E-state index contributed by atoms with van der Waals surface area (Å²) in [6, 6.07) is 36.1. The molecule has 0 aliphatic heterocycles. The van der Waals surface area contributed by atoms with Crippen LogP contribution in [0.15, 0.2) is 97.1 Å². The zero-order chi connectivity index (χ0) is 18.2. The van der Waals surface area contributed by atoms with Crippen molar-refractivity contribution >= 4 is 21.5 Å². The minimum atomic E-state index is 0. The molecule has 0 aliphatic carbocycles. The third kappa shape index (κ3) is 3.11. The Balaban J connectivity index is 0.00000192. The normalized spacial score (nSPS) is 10.7. The van der Waals surface area contributed by atoms with Gasteiger partial charge < -0.3 is 5.11 Å². The maximum atomic E-state index is 10.7. The monoisotopic (exact) mass is 447 g/mol. The first-order valence-corrected chi connectivity index (χ1v) is 9.02. The smallest absolute Gasteiger partial charge is 0.551 e. The Morgan fingerprint density at radius 1 is 0.643 bits per heavy atom. The fourth-order valence-corrected chi connectivity index (χ4v) is 3.78. The molecule has 135 valence electrons. The summed E-state index contributed by atoms with van der Waals surface area (Å²) in [6.07, 6.45) is 0. The number of benzene rings is 5. The predicted molar refractivity (Wildman–Crippen MR) is 113 cm³/mol. The van der Waals surface area contributed by atoms with Crippen LogP contribution in [0.2, 0.25) is 0 Å². The summed E-state index contributed by atoms with van der Waals surface area (Å²) < 4.78 is 0. The van der Waals surface area contributed by atoms with Crippen molar-refractivity contribution in [1.82, 2.24) is 0 Å². The van der Waals surface area contributed by atoms with Crippen molar-refractivity contribution in [3.05, 3.63) is 103 Å². The molecule has 0 unspecified atom stereocenters. The van der Waals surface area contributed by atoms with E-state index in [4.69, 9.17) is 0 Å². The minimum Gasteiger partial charge on any atom is -0.551 e. The summed E-state index contributed by atoms with van der Waals surface area (Å²) in [5, 5.41) is 14.6. The maximum absolute atomic E-state index is 10.7. The molecule has 0 fully saturated rings. The van der Waals surface area contributed by atoms with Gasteiger partial charge in [0.05, 0.1) is 0 Å². The fourth-order valence-electron chi connectivity index (χ4n) is 3.78. The zero-order valence-corrected chi connectivity index (χ0v) is 16.8. The zero-order valence-electron chi connectivity index (χ0n) is 15.0. The molecule has 0 amide bonds. The van der Waals surface area contributed by atoms with E-state index in [0.29, 0.717) is 0 Å². The second-order valence-corrected chi connectivity index (χ2v) is 6.71. The molecular formula is C26H17ORu. The van der Waals surface area contributed by atoms with E-state index >= 15 is 0 Å². The van der Waals surface area contributed by atoms with Crippen LogP contribution in [0, 0.1) is 6.07 Å². The Labute approximate surface area is 177 Å². The van der Waals surface area contributed by atoms with Crippen LogP contribution in [-0.2, 0) is 19.5 Å². The van der Waals surface area contributed by atoms with Gasteiger partial charge in [-0.1, -0.05) is 95.2 Å². The van der Waals surface area contributed by atoms with Crippen LogP contribution in [-0.4, -0.2) is 5.11 Å². The van der Waals surface area contributed by atoms with Crippen LogP contribution in [0.3, 0.4) is 0 Å². The van der Waals surface area contributed by atoms with E-state index in [9.17, 15) is 5.11 Å². The van der Waals surface area contributed by atoms with Crippen molar-refractivity contribution in [2.24, 2.45) is 0 Å². The number of hydrogen-bond donors (Lipinski definition) is 1. The second kappa shape index (κ2) is 7.58. The molecule has 0 spiro atoms. The van der Waals surface area contributed by atoms with Gasteiger partial charge in [-0.3, -0.25) is 0 Å². The van der Waals surface area contributed by atoms with Gasteiger partial charge >= 0.3 is 19.5 Å². The second-order valence-electron chi connectivity index (χ2n) is 6.71. The molecular weight excluding hydrogens is 429 g/mol. The molecule has 5 rings (SSSR count). The molecule has 1 nitrogen and oxygen atoms in total. The quantitative estimate of drug-likeness (QED) is 0.179. The first-order valence-electron chi connectivity index (χ1n) is 9.02. The van der Waals surface area contributed by atoms with Gasteiger partial charge in [-0.25, -0.2) is 0 Å². The Morgan fingerprint density at radius 3 is 2.04 bits per heavy atom. The molecule has 2 heteroatoms. The van der Waals surface area contributed by atoms with Crippen LogP contribution in [0.1, 0.15) is 0 Å². The Morgan fingerprint density at radius 2 is 1.32 bits per heavy atom. The van der Waals surface area contributed by atoms with E-state index in [1.165, 1.54) is 5.56 Å². The number of phenolic OH excluding ortho intramolecular Hbond substituents is 1. The first-order chi connectivity index (χ1) is 13.3. The number of aromatic hydroxyl groups is 1. The Kier molecular flexibility index (Phi) is 4.98. The van der Waals surface area contributed by atoms with Gasteiger partial charge in [-0.05, 0) is 28.1 Å². The van der Waals surface area contributed by atoms with Crippen molar-refractivity contribution in [3.63, 3.8) is 0 Å². The van der Waals surface area contributed by atoms with E-state index in [0.717, 1.165) is 38.2 Å². The van der Waals surface area contributed by atoms with Crippen molar-refractivity contribution < 1.29 is 24.6 Å². The number of phenols is 1. The average Bonchev–Trinajstić information content (AvgIpc) is 2.74. The summed E-state index contributed by atoms with van der Waals surface area (Å²) in [4.78, 5) is 0. The molecule has 5 aromatic rings. The molecule has 0 aromatic heterocycles. The molecule has 0 saturated heterocycles. The molecule has 1 N–H and O–H groups in total. The van der Waals surface area contributed by atoms with E-state index < -0.39 is 0 Å². The van der Waals surface area contributed by atoms with Crippen molar-refractivity contribution in [3.8, 4) is 28.0 Å². The first kappa shape index (κ1) is 18.4. The summed E-state index contributed by atoms with van der Waals surface area (Å²) in [5.74, 6) is 0.264. The van der Waals surface area contributed by atoms with Crippen molar-refractivity contribution in [2.45, 2.75) is 0 Å². The van der Waals surface area contributed by atoms with E-state index in [2.05, 4.69) is 54.6 Å². The summed E-state index contributed by atoms with van der Waals surface area (Å²) in [7, 11) is 0. The van der Waals surface area contributed by atoms with Crippen LogP contribution in [0.5, 0.6) is 5.75 Å². The van der Waals surface area contributed by atoms with Crippen molar-refractivity contribution in [1.29, 1.82) is 0 Å². The van der Waals surface area contributed by atoms with Gasteiger partial charge in [0.15, 0.2) is 0 Å². The van der Waals surface area contributed by atoms with Gasteiger partial charge in [0.2, 0.25) is 0 Å². The molecule has 0 bridgehead atoms. The predicted octanol–water partition coefficient (Wildman–Crippen LogP) is 6.83. The summed E-state index contributed by atoms with van der Waals surface area (Å²) >= 11 is 0. The molecule has 5 aromatic carbocycles. The molecule has 0 heterocycles. The van der Waals surface area contributed by atoms with E-state index in [1.807, 2.05) is 48.5 Å². The summed E-state index contributed by atoms with van der Waals surface area (Å²) in [6.45, 7) is 0. The molecule has 0 aliphatic rings. The Hall–Kier alpha value is -2.96. The van der Waals surface area contributed by atoms with Gasteiger partial charge in [0.25, 0.3) is 0 Å². The number of rotatable bonds is 2. The minimum absolute atomic E-state index is 0. The van der Waals surface area contributed by atoms with Crippen LogP contribution in [0.4, 0.5) is 0 Å². The SMILES string of the molecule is Oc1cc2cc(-c3ccccc3)ccc2c2c(-c3ccccc3)cc[c-]c12.[Ru+]. The van der Waals surface area contributed by atoms with E-state index in [1.54, 1.807) is 0 Å². The fraction of sp³-hybridized carbons (Fsp3) is 0. The van der Waals surface area contributed by atoms with Crippen LogP contribution in [0.25, 0.3) is 43.8 Å². The topological polar surface area (TPSA) is 20.2 Å². The number of fused-ring (bicyclic) bond motifs is 3. The molecule has 0 atom stereocenters. The third-order valence-corrected chi connectivity index (χ3v) is 5.06. The van der Waals surface area contributed by atoms with Crippen LogP contribution < -0.4 is 0 Å². The molecule has 0 saturated carbocycles. The Bertz CT molecular complexity index is 1260. The van der Waals surface area contributed by atoms with Crippen molar-refractivity contribution in [2.75, 3.05) is 0 Å². The van der Waals surface area contributed by atoms with Gasteiger partial charge in [-0.15, -0.1) is 23.6 Å². The maximum Gasteiger partial charge on any atom is 1.00 e. The van der Waals surface area contributed by atoms with E-state index in [-0.39, 0.29) is 25.2 Å². The molecule has 1 radical (unpaired) electrons. The van der Waals surface area contributed by atoms with Gasteiger partial charge in [-0.2, -0.15) is 0 Å². The van der Waals surface area contributed by atoms with Gasteiger partial charge in [0.1, 0.15) is 0 Å².